The number of carbonyl (C=O) groups is 1. The molecule has 0 bridgehead atoms. The average Bonchev–Trinajstić information content (AvgIpc) is 2.91. The van der Waals surface area contributed by atoms with Gasteiger partial charge in [0, 0.05) is 24.8 Å². The van der Waals surface area contributed by atoms with Crippen molar-refractivity contribution in [3.8, 4) is 0 Å². The van der Waals surface area contributed by atoms with Crippen molar-refractivity contribution >= 4 is 11.6 Å². The van der Waals surface area contributed by atoms with Crippen LogP contribution in [0.3, 0.4) is 0 Å². The maximum absolute atomic E-state index is 12.3. The molecular weight excluding hydrogens is 262 g/mol. The van der Waals surface area contributed by atoms with Gasteiger partial charge >= 0.3 is 0 Å². The molecule has 0 aliphatic carbocycles. The van der Waals surface area contributed by atoms with E-state index in [0.717, 1.165) is 30.9 Å². The van der Waals surface area contributed by atoms with Crippen molar-refractivity contribution in [1.29, 1.82) is 0 Å². The van der Waals surface area contributed by atoms with Crippen LogP contribution < -0.4 is 5.32 Å². The summed E-state index contributed by atoms with van der Waals surface area (Å²) in [6.07, 6.45) is 5.17. The number of aromatic nitrogens is 2. The van der Waals surface area contributed by atoms with Crippen LogP contribution in [0.5, 0.6) is 0 Å². The van der Waals surface area contributed by atoms with Crippen LogP contribution in [0.4, 0.5) is 5.69 Å². The highest BCUT2D eigenvalue weighted by Crippen LogP contribution is 2.20. The summed E-state index contributed by atoms with van der Waals surface area (Å²) in [5.41, 5.74) is 2.57. The van der Waals surface area contributed by atoms with E-state index in [1.807, 2.05) is 24.4 Å². The van der Waals surface area contributed by atoms with E-state index in [0.29, 0.717) is 11.6 Å². The second-order valence-electron chi connectivity index (χ2n) is 5.93. The number of fused-ring (bicyclic) bond motifs is 1. The number of nitrogens with one attached hydrogen (secondary N) is 1. The summed E-state index contributed by atoms with van der Waals surface area (Å²) in [4.78, 5) is 16.8. The van der Waals surface area contributed by atoms with E-state index in [4.69, 9.17) is 0 Å². The molecular formula is C17H21N3O. The van der Waals surface area contributed by atoms with Crippen LogP contribution in [0.1, 0.15) is 54.5 Å². The largest absolute Gasteiger partial charge is 0.334 e. The minimum absolute atomic E-state index is 0.127. The van der Waals surface area contributed by atoms with Crippen molar-refractivity contribution in [3.63, 3.8) is 0 Å². The van der Waals surface area contributed by atoms with Gasteiger partial charge in [-0.05, 0) is 36.5 Å². The number of benzene rings is 1. The fourth-order valence-corrected chi connectivity index (χ4v) is 2.69. The summed E-state index contributed by atoms with van der Waals surface area (Å²) in [6.45, 7) is 5.26. The molecule has 21 heavy (non-hydrogen) atoms. The second-order valence-corrected chi connectivity index (χ2v) is 5.93. The molecule has 0 unspecified atom stereocenters. The number of carbonyl (C=O) groups excluding carboxylic acids is 1. The molecule has 1 aliphatic rings. The van der Waals surface area contributed by atoms with Crippen LogP contribution in [0.2, 0.25) is 0 Å². The maximum atomic E-state index is 12.3. The lowest BCUT2D eigenvalue weighted by molar-refractivity contribution is 0.102. The first-order chi connectivity index (χ1) is 10.1. The molecule has 1 aromatic carbocycles. The Morgan fingerprint density at radius 1 is 1.33 bits per heavy atom. The molecule has 3 rings (SSSR count). The van der Waals surface area contributed by atoms with Crippen molar-refractivity contribution in [2.75, 3.05) is 5.32 Å². The number of nitrogens with zero attached hydrogens (tertiary/aromatic N) is 2. The Morgan fingerprint density at radius 3 is 2.95 bits per heavy atom. The molecule has 0 fully saturated rings. The van der Waals surface area contributed by atoms with Crippen molar-refractivity contribution in [1.82, 2.24) is 9.55 Å². The first-order valence-corrected chi connectivity index (χ1v) is 7.61. The zero-order valence-corrected chi connectivity index (χ0v) is 12.6. The highest BCUT2D eigenvalue weighted by molar-refractivity contribution is 6.02. The zero-order chi connectivity index (χ0) is 14.8. The number of rotatable bonds is 3. The molecule has 0 radical (unpaired) electrons. The summed E-state index contributed by atoms with van der Waals surface area (Å²) in [7, 11) is 0. The summed E-state index contributed by atoms with van der Waals surface area (Å²) in [6, 6.07) is 8.00. The summed E-state index contributed by atoms with van der Waals surface area (Å²) in [5, 5.41) is 2.95. The van der Waals surface area contributed by atoms with Gasteiger partial charge in [-0.3, -0.25) is 4.79 Å². The Balaban J connectivity index is 1.77. The molecule has 0 saturated carbocycles. The quantitative estimate of drug-likeness (QED) is 0.935. The number of hydrogen-bond donors (Lipinski definition) is 1. The third-order valence-corrected chi connectivity index (χ3v) is 3.95. The molecule has 110 valence electrons. The SMILES string of the molecule is CC(C)c1cccc(NC(=O)c2cn3c(n2)CCCC3)c1. The molecule has 0 spiro atoms. The number of aryl methyl sites for hydroxylation is 2. The van der Waals surface area contributed by atoms with Gasteiger partial charge in [0.2, 0.25) is 0 Å². The van der Waals surface area contributed by atoms with Gasteiger partial charge in [0.15, 0.2) is 0 Å². The Kier molecular flexibility index (Phi) is 3.78. The predicted molar refractivity (Wildman–Crippen MR) is 83.6 cm³/mol. The molecule has 0 saturated heterocycles. The van der Waals surface area contributed by atoms with Crippen LogP contribution in [0.15, 0.2) is 30.5 Å². The average molecular weight is 283 g/mol. The Labute approximate surface area is 125 Å². The topological polar surface area (TPSA) is 46.9 Å². The van der Waals surface area contributed by atoms with Gasteiger partial charge in [-0.25, -0.2) is 4.98 Å². The first kappa shape index (κ1) is 13.9. The molecule has 1 aromatic heterocycles. The minimum atomic E-state index is -0.127. The number of hydrogen-bond acceptors (Lipinski definition) is 2. The van der Waals surface area contributed by atoms with E-state index in [1.54, 1.807) is 0 Å². The first-order valence-electron chi connectivity index (χ1n) is 7.61. The van der Waals surface area contributed by atoms with E-state index in [-0.39, 0.29) is 5.91 Å². The normalized spacial score (nSPS) is 14.0. The molecule has 1 amide bonds. The highest BCUT2D eigenvalue weighted by atomic mass is 16.1. The van der Waals surface area contributed by atoms with Crippen LogP contribution in [-0.2, 0) is 13.0 Å². The van der Waals surface area contributed by atoms with Crippen molar-refractivity contribution in [3.05, 3.63) is 47.5 Å². The number of amides is 1. The van der Waals surface area contributed by atoms with Crippen molar-refractivity contribution in [2.24, 2.45) is 0 Å². The lowest BCUT2D eigenvalue weighted by atomic mass is 10.0. The predicted octanol–water partition coefficient (Wildman–Crippen LogP) is 3.60. The van der Waals surface area contributed by atoms with Crippen molar-refractivity contribution in [2.45, 2.75) is 45.6 Å². The molecule has 4 heteroatoms. The molecule has 2 aromatic rings. The third kappa shape index (κ3) is 2.99. The van der Waals surface area contributed by atoms with Crippen LogP contribution >= 0.6 is 0 Å². The minimum Gasteiger partial charge on any atom is -0.334 e. The van der Waals surface area contributed by atoms with E-state index in [9.17, 15) is 4.79 Å². The van der Waals surface area contributed by atoms with Crippen molar-refractivity contribution < 1.29 is 4.79 Å². The maximum Gasteiger partial charge on any atom is 0.275 e. The van der Waals surface area contributed by atoms with Gasteiger partial charge in [0.1, 0.15) is 11.5 Å². The fraction of sp³-hybridized carbons (Fsp3) is 0.412. The summed E-state index contributed by atoms with van der Waals surface area (Å²) in [5.74, 6) is 1.35. The van der Waals surface area contributed by atoms with Crippen LogP contribution in [-0.4, -0.2) is 15.5 Å². The monoisotopic (exact) mass is 283 g/mol. The van der Waals surface area contributed by atoms with E-state index < -0.39 is 0 Å². The van der Waals surface area contributed by atoms with E-state index in [2.05, 4.69) is 34.8 Å². The highest BCUT2D eigenvalue weighted by Gasteiger charge is 2.16. The van der Waals surface area contributed by atoms with Gasteiger partial charge in [0.05, 0.1) is 0 Å². The standard InChI is InChI=1S/C17H21N3O/c1-12(2)13-6-5-7-14(10-13)18-17(21)15-11-20-9-4-3-8-16(20)19-15/h5-7,10-12H,3-4,8-9H2,1-2H3,(H,18,21). The lowest BCUT2D eigenvalue weighted by Gasteiger charge is -2.11. The summed E-state index contributed by atoms with van der Waals surface area (Å²) < 4.78 is 2.10. The summed E-state index contributed by atoms with van der Waals surface area (Å²) >= 11 is 0. The molecule has 1 N–H and O–H groups in total. The second kappa shape index (κ2) is 5.72. The van der Waals surface area contributed by atoms with Crippen LogP contribution in [0.25, 0.3) is 0 Å². The molecule has 0 atom stereocenters. The number of imidazole rings is 1. The Bertz CT molecular complexity index is 634. The third-order valence-electron chi connectivity index (χ3n) is 3.95. The fourth-order valence-electron chi connectivity index (χ4n) is 2.69. The van der Waals surface area contributed by atoms with Gasteiger partial charge in [-0.1, -0.05) is 26.0 Å². The van der Waals surface area contributed by atoms with Gasteiger partial charge in [-0.15, -0.1) is 0 Å². The van der Waals surface area contributed by atoms with Crippen LogP contribution in [0, 0.1) is 0 Å². The smallest absolute Gasteiger partial charge is 0.275 e. The molecule has 2 heterocycles. The molecule has 4 nitrogen and oxygen atoms in total. The van der Waals surface area contributed by atoms with Gasteiger partial charge < -0.3 is 9.88 Å². The van der Waals surface area contributed by atoms with E-state index >= 15 is 0 Å². The Hall–Kier alpha value is -2.10. The number of anilines is 1. The van der Waals surface area contributed by atoms with Gasteiger partial charge in [-0.2, -0.15) is 0 Å². The lowest BCUT2D eigenvalue weighted by Crippen LogP contribution is -2.12. The molecule has 1 aliphatic heterocycles. The Morgan fingerprint density at radius 2 is 2.19 bits per heavy atom. The zero-order valence-electron chi connectivity index (χ0n) is 12.6. The van der Waals surface area contributed by atoms with E-state index in [1.165, 1.54) is 12.0 Å². The van der Waals surface area contributed by atoms with Gasteiger partial charge in [0.25, 0.3) is 5.91 Å².